The molecule has 0 spiro atoms. The van der Waals surface area contributed by atoms with Crippen LogP contribution in [0.4, 0.5) is 0 Å². The van der Waals surface area contributed by atoms with Crippen LogP contribution in [-0.2, 0) is 28.1 Å². The minimum Gasteiger partial charge on any atom is -0.508 e. The van der Waals surface area contributed by atoms with Gasteiger partial charge < -0.3 is 15.3 Å². The van der Waals surface area contributed by atoms with Crippen molar-refractivity contribution in [1.29, 1.82) is 0 Å². The summed E-state index contributed by atoms with van der Waals surface area (Å²) in [5.74, 6) is 0.960. The zero-order chi connectivity index (χ0) is 28.0. The lowest BCUT2D eigenvalue weighted by Gasteiger charge is -2.34. The quantitative estimate of drug-likeness (QED) is 0.327. The van der Waals surface area contributed by atoms with E-state index >= 15 is 0 Å². The van der Waals surface area contributed by atoms with Crippen LogP contribution in [0.15, 0.2) is 54.6 Å². The molecule has 37 heavy (non-hydrogen) atoms. The number of phenolic OH excluding ortho intramolecular Hbond substituents is 3. The summed E-state index contributed by atoms with van der Waals surface area (Å²) < 4.78 is 0. The first-order valence-electron chi connectivity index (χ1n) is 13.3. The van der Waals surface area contributed by atoms with Gasteiger partial charge in [-0.1, -0.05) is 106 Å². The van der Waals surface area contributed by atoms with Gasteiger partial charge in [0.25, 0.3) is 0 Å². The van der Waals surface area contributed by atoms with Gasteiger partial charge in [-0.15, -0.1) is 0 Å². The molecule has 3 rings (SSSR count). The van der Waals surface area contributed by atoms with Gasteiger partial charge in [0.15, 0.2) is 0 Å². The third-order valence-electron chi connectivity index (χ3n) is 7.67. The smallest absolute Gasteiger partial charge is 0.119 e. The van der Waals surface area contributed by atoms with Crippen LogP contribution in [0.5, 0.6) is 17.2 Å². The predicted molar refractivity (Wildman–Crippen MR) is 155 cm³/mol. The molecule has 0 aliphatic carbocycles. The molecule has 0 aliphatic heterocycles. The van der Waals surface area contributed by atoms with E-state index in [0.29, 0.717) is 17.2 Å². The fraction of sp³-hybridized carbons (Fsp3) is 0.471. The summed E-state index contributed by atoms with van der Waals surface area (Å²) in [5.41, 5.74) is 5.31. The fourth-order valence-electron chi connectivity index (χ4n) is 5.15. The highest BCUT2D eigenvalue weighted by molar-refractivity contribution is 5.50. The number of hydrogen-bond donors (Lipinski definition) is 3. The van der Waals surface area contributed by atoms with Crippen LogP contribution in [0.25, 0.3) is 0 Å². The highest BCUT2D eigenvalue weighted by atomic mass is 16.3. The number of aromatic hydroxyl groups is 3. The number of benzene rings is 3. The van der Waals surface area contributed by atoms with Crippen molar-refractivity contribution >= 4 is 0 Å². The molecular formula is C34H46O3. The Morgan fingerprint density at radius 1 is 0.486 bits per heavy atom. The zero-order valence-electron chi connectivity index (χ0n) is 24.5. The lowest BCUT2D eigenvalue weighted by Crippen LogP contribution is -2.27. The lowest BCUT2D eigenvalue weighted by atomic mass is 9.69. The monoisotopic (exact) mass is 502 g/mol. The van der Waals surface area contributed by atoms with Crippen LogP contribution in [0, 0.1) is 0 Å². The van der Waals surface area contributed by atoms with E-state index in [1.807, 2.05) is 36.4 Å². The largest absolute Gasteiger partial charge is 0.508 e. The average molecular weight is 503 g/mol. The summed E-state index contributed by atoms with van der Waals surface area (Å²) in [6, 6.07) is 18.0. The summed E-state index contributed by atoms with van der Waals surface area (Å²) >= 11 is 0. The first-order chi connectivity index (χ1) is 16.8. The molecule has 3 N–H and O–H groups in total. The molecule has 0 bridgehead atoms. The molecule has 0 saturated carbocycles. The molecule has 200 valence electrons. The Labute approximate surface area is 224 Å². The highest BCUT2D eigenvalue weighted by Gasteiger charge is 2.33. The van der Waals surface area contributed by atoms with Crippen molar-refractivity contribution in [3.8, 4) is 17.2 Å². The predicted octanol–water partition coefficient (Wildman–Crippen LogP) is 8.63. The van der Waals surface area contributed by atoms with E-state index in [9.17, 15) is 15.3 Å². The zero-order valence-corrected chi connectivity index (χ0v) is 24.5. The first kappa shape index (κ1) is 28.6. The Kier molecular flexibility index (Phi) is 7.54. The van der Waals surface area contributed by atoms with E-state index in [1.165, 1.54) is 5.56 Å². The fourth-order valence-corrected chi connectivity index (χ4v) is 5.15. The Morgan fingerprint density at radius 2 is 0.838 bits per heavy atom. The maximum absolute atomic E-state index is 10.7. The highest BCUT2D eigenvalue weighted by Crippen LogP contribution is 2.43. The summed E-state index contributed by atoms with van der Waals surface area (Å²) in [5, 5.41) is 31.8. The number of hydrogen-bond acceptors (Lipinski definition) is 3. The van der Waals surface area contributed by atoms with Crippen LogP contribution >= 0.6 is 0 Å². The molecule has 0 unspecified atom stereocenters. The van der Waals surface area contributed by atoms with Crippen LogP contribution < -0.4 is 0 Å². The van der Waals surface area contributed by atoms with E-state index in [0.717, 1.165) is 40.7 Å². The van der Waals surface area contributed by atoms with Crippen molar-refractivity contribution in [3.63, 3.8) is 0 Å². The van der Waals surface area contributed by atoms with E-state index in [2.05, 4.69) is 87.4 Å². The third kappa shape index (κ3) is 6.14. The standard InChI is InChI=1S/C34H46O3/c1-31(2,3)25-19-22(11-14-28(25)35)17-18-34(10,23-12-15-29(36)26(20-23)32(4,5)6)24-13-16-30(37)27(21-24)33(7,8)9/h11-16,19-21,35-37H,17-18H2,1-10H3. The molecular weight excluding hydrogens is 456 g/mol. The van der Waals surface area contributed by atoms with Crippen molar-refractivity contribution in [2.75, 3.05) is 0 Å². The minimum absolute atomic E-state index is 0.152. The molecule has 3 heteroatoms. The van der Waals surface area contributed by atoms with Crippen molar-refractivity contribution in [2.24, 2.45) is 0 Å². The second-order valence-electron chi connectivity index (χ2n) is 13.9. The van der Waals surface area contributed by atoms with Gasteiger partial charge in [-0.25, -0.2) is 0 Å². The molecule has 0 fully saturated rings. The van der Waals surface area contributed by atoms with Crippen LogP contribution in [0.2, 0.25) is 0 Å². The molecule has 0 heterocycles. The van der Waals surface area contributed by atoms with Gasteiger partial charge >= 0.3 is 0 Å². The van der Waals surface area contributed by atoms with Gasteiger partial charge in [0.1, 0.15) is 17.2 Å². The van der Waals surface area contributed by atoms with Gasteiger partial charge in [-0.3, -0.25) is 0 Å². The number of rotatable bonds is 5. The second kappa shape index (κ2) is 9.74. The van der Waals surface area contributed by atoms with Gasteiger partial charge in [-0.2, -0.15) is 0 Å². The second-order valence-corrected chi connectivity index (χ2v) is 13.9. The Bertz CT molecular complexity index is 1200. The molecule has 3 nitrogen and oxygen atoms in total. The van der Waals surface area contributed by atoms with Gasteiger partial charge in [-0.05, 0) is 80.7 Å². The Hall–Kier alpha value is -2.94. The van der Waals surface area contributed by atoms with Crippen molar-refractivity contribution < 1.29 is 15.3 Å². The topological polar surface area (TPSA) is 60.7 Å². The van der Waals surface area contributed by atoms with Crippen molar-refractivity contribution in [2.45, 2.75) is 104 Å². The van der Waals surface area contributed by atoms with Gasteiger partial charge in [0, 0.05) is 5.41 Å². The van der Waals surface area contributed by atoms with Gasteiger partial charge in [0.05, 0.1) is 0 Å². The van der Waals surface area contributed by atoms with Gasteiger partial charge in [0.2, 0.25) is 0 Å². The molecule has 0 aromatic heterocycles. The number of phenols is 3. The maximum Gasteiger partial charge on any atom is 0.119 e. The van der Waals surface area contributed by atoms with Crippen LogP contribution in [0.1, 0.15) is 109 Å². The van der Waals surface area contributed by atoms with E-state index < -0.39 is 0 Å². The van der Waals surface area contributed by atoms with Crippen molar-refractivity contribution in [3.05, 3.63) is 88.0 Å². The molecule has 0 amide bonds. The molecule has 3 aromatic rings. The summed E-state index contributed by atoms with van der Waals surface area (Å²) in [7, 11) is 0. The minimum atomic E-state index is -0.374. The number of aryl methyl sites for hydroxylation is 1. The Balaban J connectivity index is 2.17. The first-order valence-corrected chi connectivity index (χ1v) is 13.3. The molecule has 3 aromatic carbocycles. The van der Waals surface area contributed by atoms with Crippen LogP contribution in [-0.4, -0.2) is 15.3 Å². The summed E-state index contributed by atoms with van der Waals surface area (Å²) in [6.07, 6.45) is 1.64. The summed E-state index contributed by atoms with van der Waals surface area (Å²) in [6.45, 7) is 21.3. The maximum atomic E-state index is 10.7. The molecule has 0 radical (unpaired) electrons. The molecule has 0 aliphatic rings. The van der Waals surface area contributed by atoms with E-state index in [1.54, 1.807) is 0 Å². The lowest BCUT2D eigenvalue weighted by molar-refractivity contribution is 0.440. The van der Waals surface area contributed by atoms with Crippen LogP contribution in [0.3, 0.4) is 0 Å². The molecule has 0 saturated heterocycles. The normalized spacial score (nSPS) is 13.1. The van der Waals surface area contributed by atoms with Crippen molar-refractivity contribution in [1.82, 2.24) is 0 Å². The third-order valence-corrected chi connectivity index (χ3v) is 7.67. The van der Waals surface area contributed by atoms with E-state index in [-0.39, 0.29) is 21.7 Å². The molecule has 0 atom stereocenters. The summed E-state index contributed by atoms with van der Waals surface area (Å²) in [4.78, 5) is 0. The average Bonchev–Trinajstić information content (AvgIpc) is 2.76. The Morgan fingerprint density at radius 3 is 1.22 bits per heavy atom. The van der Waals surface area contributed by atoms with E-state index in [4.69, 9.17) is 0 Å². The SMILES string of the molecule is CC(C)(C)c1cc(CCC(C)(c2ccc(O)c(C(C)(C)C)c2)c2ccc(O)c(C(C)(C)C)c2)ccc1O.